The Labute approximate surface area is 128 Å². The van der Waals surface area contributed by atoms with E-state index in [1.807, 2.05) is 30.5 Å². The number of nitrogens with zero attached hydrogens (tertiary/aromatic N) is 2. The molecule has 112 valence electrons. The number of nitrogens with one attached hydrogen (secondary N) is 1. The standard InChI is InChI=1S/C15H19N3O2S/c1-4-8-20-14-12(6-5-7-13(14)19-3)9-16-18-15-17-11(2)10-21-15/h5-7,9-10H,4,8H2,1-3H3,(H,17,18). The van der Waals surface area contributed by atoms with Gasteiger partial charge in [-0.15, -0.1) is 11.3 Å². The first kappa shape index (κ1) is 15.3. The second-order valence-electron chi connectivity index (χ2n) is 4.39. The van der Waals surface area contributed by atoms with Gasteiger partial charge in [0.1, 0.15) is 0 Å². The summed E-state index contributed by atoms with van der Waals surface area (Å²) in [6.45, 7) is 4.65. The molecule has 0 aliphatic rings. The molecular weight excluding hydrogens is 286 g/mol. The first-order valence-electron chi connectivity index (χ1n) is 6.75. The van der Waals surface area contributed by atoms with Gasteiger partial charge in [-0.3, -0.25) is 5.43 Å². The van der Waals surface area contributed by atoms with E-state index in [-0.39, 0.29) is 0 Å². The zero-order valence-electron chi connectivity index (χ0n) is 12.4. The Morgan fingerprint density at radius 1 is 1.43 bits per heavy atom. The van der Waals surface area contributed by atoms with Gasteiger partial charge < -0.3 is 9.47 Å². The molecule has 1 N–H and O–H groups in total. The zero-order chi connectivity index (χ0) is 15.1. The molecule has 1 heterocycles. The molecule has 6 heteroatoms. The number of rotatable bonds is 7. The predicted molar refractivity (Wildman–Crippen MR) is 86.8 cm³/mol. The molecule has 0 fully saturated rings. The lowest BCUT2D eigenvalue weighted by atomic mass is 10.2. The molecule has 0 aliphatic carbocycles. The van der Waals surface area contributed by atoms with Crippen LogP contribution in [-0.2, 0) is 0 Å². The van der Waals surface area contributed by atoms with E-state index in [1.54, 1.807) is 13.3 Å². The summed E-state index contributed by atoms with van der Waals surface area (Å²) in [6.07, 6.45) is 2.65. The van der Waals surface area contributed by atoms with Gasteiger partial charge >= 0.3 is 0 Å². The van der Waals surface area contributed by atoms with E-state index in [0.717, 1.165) is 22.8 Å². The van der Waals surface area contributed by atoms with E-state index in [2.05, 4.69) is 22.4 Å². The highest BCUT2D eigenvalue weighted by Crippen LogP contribution is 2.30. The monoisotopic (exact) mass is 305 g/mol. The van der Waals surface area contributed by atoms with Crippen molar-refractivity contribution >= 4 is 22.7 Å². The maximum atomic E-state index is 5.76. The highest BCUT2D eigenvalue weighted by Gasteiger charge is 2.08. The van der Waals surface area contributed by atoms with Crippen LogP contribution in [0.3, 0.4) is 0 Å². The second kappa shape index (κ2) is 7.64. The Morgan fingerprint density at radius 3 is 2.95 bits per heavy atom. The number of benzene rings is 1. The van der Waals surface area contributed by atoms with Crippen LogP contribution >= 0.6 is 11.3 Å². The summed E-state index contributed by atoms with van der Waals surface area (Å²) < 4.78 is 11.1. The lowest BCUT2D eigenvalue weighted by Crippen LogP contribution is -2.01. The first-order valence-corrected chi connectivity index (χ1v) is 7.63. The Morgan fingerprint density at radius 2 is 2.29 bits per heavy atom. The summed E-state index contributed by atoms with van der Waals surface area (Å²) in [7, 11) is 1.63. The van der Waals surface area contributed by atoms with Crippen molar-refractivity contribution in [1.82, 2.24) is 4.98 Å². The number of anilines is 1. The third kappa shape index (κ3) is 4.19. The molecule has 2 aromatic rings. The fourth-order valence-corrected chi connectivity index (χ4v) is 2.35. The minimum absolute atomic E-state index is 0.639. The van der Waals surface area contributed by atoms with E-state index >= 15 is 0 Å². The molecule has 0 bridgehead atoms. The molecule has 0 saturated carbocycles. The molecule has 0 spiro atoms. The van der Waals surface area contributed by atoms with Gasteiger partial charge in [-0.05, 0) is 25.5 Å². The molecule has 2 rings (SSSR count). The van der Waals surface area contributed by atoms with Crippen LogP contribution in [0.5, 0.6) is 11.5 Å². The summed E-state index contributed by atoms with van der Waals surface area (Å²) >= 11 is 1.52. The van der Waals surface area contributed by atoms with E-state index in [9.17, 15) is 0 Å². The molecule has 0 unspecified atom stereocenters. The van der Waals surface area contributed by atoms with Gasteiger partial charge in [-0.1, -0.05) is 13.0 Å². The van der Waals surface area contributed by atoms with Crippen LogP contribution in [-0.4, -0.2) is 24.9 Å². The quantitative estimate of drug-likeness (QED) is 0.626. The van der Waals surface area contributed by atoms with Gasteiger partial charge in [0.25, 0.3) is 0 Å². The van der Waals surface area contributed by atoms with Crippen LogP contribution in [0.1, 0.15) is 24.6 Å². The third-order valence-electron chi connectivity index (χ3n) is 2.66. The maximum absolute atomic E-state index is 5.76. The van der Waals surface area contributed by atoms with Gasteiger partial charge in [-0.2, -0.15) is 5.10 Å². The summed E-state index contributed by atoms with van der Waals surface area (Å²) in [4.78, 5) is 4.29. The zero-order valence-corrected chi connectivity index (χ0v) is 13.2. The van der Waals surface area contributed by atoms with Gasteiger partial charge in [0.2, 0.25) is 5.13 Å². The smallest absolute Gasteiger partial charge is 0.203 e. The molecule has 5 nitrogen and oxygen atoms in total. The lowest BCUT2D eigenvalue weighted by molar-refractivity contribution is 0.294. The number of hydrogen-bond donors (Lipinski definition) is 1. The molecule has 0 aliphatic heterocycles. The van der Waals surface area contributed by atoms with Crippen molar-refractivity contribution in [2.24, 2.45) is 5.10 Å². The van der Waals surface area contributed by atoms with Crippen molar-refractivity contribution in [3.05, 3.63) is 34.8 Å². The Bertz CT molecular complexity index is 611. The summed E-state index contributed by atoms with van der Waals surface area (Å²) in [6, 6.07) is 5.72. The molecule has 1 aromatic heterocycles. The minimum Gasteiger partial charge on any atom is -0.493 e. The molecule has 0 radical (unpaired) electrons. The molecule has 0 amide bonds. The fourth-order valence-electron chi connectivity index (χ4n) is 1.72. The largest absolute Gasteiger partial charge is 0.493 e. The Hall–Kier alpha value is -2.08. The summed E-state index contributed by atoms with van der Waals surface area (Å²) in [5, 5.41) is 6.94. The van der Waals surface area contributed by atoms with Gasteiger partial charge in [0.05, 0.1) is 25.6 Å². The topological polar surface area (TPSA) is 55.7 Å². The minimum atomic E-state index is 0.639. The van der Waals surface area contributed by atoms with E-state index < -0.39 is 0 Å². The average molecular weight is 305 g/mol. The number of hydrazone groups is 1. The number of aryl methyl sites for hydroxylation is 1. The third-order valence-corrected chi connectivity index (χ3v) is 3.53. The Balaban J connectivity index is 2.14. The van der Waals surface area contributed by atoms with Crippen LogP contribution in [0.2, 0.25) is 0 Å². The van der Waals surface area contributed by atoms with Crippen molar-refractivity contribution in [2.45, 2.75) is 20.3 Å². The van der Waals surface area contributed by atoms with Crippen molar-refractivity contribution < 1.29 is 9.47 Å². The van der Waals surface area contributed by atoms with Crippen LogP contribution < -0.4 is 14.9 Å². The lowest BCUT2D eigenvalue weighted by Gasteiger charge is -2.12. The predicted octanol–water partition coefficient (Wildman–Crippen LogP) is 3.69. The van der Waals surface area contributed by atoms with Crippen LogP contribution in [0.25, 0.3) is 0 Å². The van der Waals surface area contributed by atoms with Crippen molar-refractivity contribution in [3.8, 4) is 11.5 Å². The van der Waals surface area contributed by atoms with Crippen LogP contribution in [0, 0.1) is 6.92 Å². The number of methoxy groups -OCH3 is 1. The van der Waals surface area contributed by atoms with Crippen LogP contribution in [0.15, 0.2) is 28.7 Å². The first-order chi connectivity index (χ1) is 10.2. The maximum Gasteiger partial charge on any atom is 0.203 e. The van der Waals surface area contributed by atoms with E-state index in [4.69, 9.17) is 9.47 Å². The molecule has 21 heavy (non-hydrogen) atoms. The van der Waals surface area contributed by atoms with Gasteiger partial charge in [0.15, 0.2) is 11.5 Å². The normalized spacial score (nSPS) is 10.8. The average Bonchev–Trinajstić information content (AvgIpc) is 2.91. The summed E-state index contributed by atoms with van der Waals surface area (Å²) in [5.74, 6) is 1.42. The SMILES string of the molecule is CCCOc1c(C=NNc2nc(C)cs2)cccc1OC. The molecule has 0 atom stereocenters. The van der Waals surface area contributed by atoms with Crippen molar-refractivity contribution in [1.29, 1.82) is 0 Å². The number of hydrogen-bond acceptors (Lipinski definition) is 6. The Kier molecular flexibility index (Phi) is 5.57. The molecule has 1 aromatic carbocycles. The van der Waals surface area contributed by atoms with Gasteiger partial charge in [0, 0.05) is 10.9 Å². The highest BCUT2D eigenvalue weighted by molar-refractivity contribution is 7.13. The second-order valence-corrected chi connectivity index (χ2v) is 5.25. The summed E-state index contributed by atoms with van der Waals surface area (Å²) in [5.41, 5.74) is 4.76. The van der Waals surface area contributed by atoms with E-state index in [1.165, 1.54) is 11.3 Å². The van der Waals surface area contributed by atoms with Crippen molar-refractivity contribution in [2.75, 3.05) is 19.1 Å². The number of thiazole rings is 1. The van der Waals surface area contributed by atoms with Crippen LogP contribution in [0.4, 0.5) is 5.13 Å². The number of aromatic nitrogens is 1. The number of ether oxygens (including phenoxy) is 2. The fraction of sp³-hybridized carbons (Fsp3) is 0.333. The van der Waals surface area contributed by atoms with Gasteiger partial charge in [-0.25, -0.2) is 4.98 Å². The number of para-hydroxylation sites is 1. The van der Waals surface area contributed by atoms with E-state index in [0.29, 0.717) is 18.1 Å². The van der Waals surface area contributed by atoms with Crippen molar-refractivity contribution in [3.63, 3.8) is 0 Å². The highest BCUT2D eigenvalue weighted by atomic mass is 32.1. The molecular formula is C15H19N3O2S. The molecule has 0 saturated heterocycles.